The smallest absolute Gasteiger partial charge is 0.343 e. The second-order valence-electron chi connectivity index (χ2n) is 8.83. The van der Waals surface area contributed by atoms with Crippen LogP contribution in [-0.4, -0.2) is 23.9 Å². The standard InChI is InChI=1S/C30H22N2O5/c33-28-25-26(20-16-18-24(19-17-20)36-30(35)21-10-4-1-5-11-21)32(23-14-8-3-9-15-23)37-27(25)29(34)31(28)22-12-6-2-7-13-22/h1-19,25-27H. The van der Waals surface area contributed by atoms with Gasteiger partial charge in [-0.25, -0.2) is 14.8 Å². The van der Waals surface area contributed by atoms with Crippen LogP contribution in [0.5, 0.6) is 5.75 Å². The Morgan fingerprint density at radius 3 is 1.86 bits per heavy atom. The summed E-state index contributed by atoms with van der Waals surface area (Å²) in [4.78, 5) is 46.8. The van der Waals surface area contributed by atoms with Crippen molar-refractivity contribution in [2.75, 3.05) is 9.96 Å². The van der Waals surface area contributed by atoms with E-state index in [1.54, 1.807) is 77.9 Å². The number of esters is 1. The Labute approximate surface area is 213 Å². The molecule has 2 saturated heterocycles. The summed E-state index contributed by atoms with van der Waals surface area (Å²) in [6.07, 6.45) is -0.950. The highest BCUT2D eigenvalue weighted by Crippen LogP contribution is 2.47. The van der Waals surface area contributed by atoms with Gasteiger partial charge in [0.25, 0.3) is 5.91 Å². The molecule has 6 rings (SSSR count). The third kappa shape index (κ3) is 4.05. The number of fused-ring (bicyclic) bond motifs is 1. The summed E-state index contributed by atoms with van der Waals surface area (Å²) in [5.41, 5.74) is 2.45. The molecule has 2 aliphatic heterocycles. The lowest BCUT2D eigenvalue weighted by Gasteiger charge is -2.28. The summed E-state index contributed by atoms with van der Waals surface area (Å²) in [7, 11) is 0. The molecule has 0 saturated carbocycles. The van der Waals surface area contributed by atoms with Gasteiger partial charge in [-0.15, -0.1) is 0 Å². The van der Waals surface area contributed by atoms with E-state index in [4.69, 9.17) is 9.57 Å². The third-order valence-corrected chi connectivity index (χ3v) is 6.58. The molecular formula is C30H22N2O5. The molecule has 2 aliphatic rings. The lowest BCUT2D eigenvalue weighted by molar-refractivity contribution is -0.126. The van der Waals surface area contributed by atoms with Crippen LogP contribution in [0.15, 0.2) is 115 Å². The average Bonchev–Trinajstić information content (AvgIpc) is 3.46. The van der Waals surface area contributed by atoms with Gasteiger partial charge >= 0.3 is 5.97 Å². The first-order valence-electron chi connectivity index (χ1n) is 11.9. The molecule has 7 heteroatoms. The van der Waals surface area contributed by atoms with Crippen LogP contribution in [0.2, 0.25) is 0 Å². The number of amides is 2. The highest BCUT2D eigenvalue weighted by atomic mass is 16.7. The normalized spacial score (nSPS) is 20.7. The molecule has 2 fully saturated rings. The minimum atomic E-state index is -0.950. The number of hydroxylamine groups is 1. The topological polar surface area (TPSA) is 76.2 Å². The number of benzene rings is 4. The Kier molecular flexibility index (Phi) is 5.75. The molecular weight excluding hydrogens is 468 g/mol. The Balaban J connectivity index is 1.33. The predicted molar refractivity (Wildman–Crippen MR) is 137 cm³/mol. The fourth-order valence-electron chi connectivity index (χ4n) is 4.86. The van der Waals surface area contributed by atoms with E-state index in [-0.39, 0.29) is 5.91 Å². The molecule has 0 aromatic heterocycles. The Hall–Kier alpha value is -4.75. The van der Waals surface area contributed by atoms with Crippen LogP contribution in [0.1, 0.15) is 22.0 Å². The van der Waals surface area contributed by atoms with Gasteiger partial charge in [0.2, 0.25) is 5.91 Å². The fourth-order valence-corrected chi connectivity index (χ4v) is 4.86. The van der Waals surface area contributed by atoms with Crippen LogP contribution in [0, 0.1) is 5.92 Å². The molecule has 2 heterocycles. The highest BCUT2D eigenvalue weighted by molar-refractivity contribution is 6.23. The number of rotatable bonds is 5. The number of para-hydroxylation sites is 2. The van der Waals surface area contributed by atoms with E-state index in [1.807, 2.05) is 42.5 Å². The molecule has 4 aromatic rings. The van der Waals surface area contributed by atoms with E-state index in [1.165, 1.54) is 4.90 Å². The number of hydrogen-bond acceptors (Lipinski definition) is 6. The zero-order valence-electron chi connectivity index (χ0n) is 19.6. The number of carbonyl (C=O) groups is 3. The van der Waals surface area contributed by atoms with E-state index in [0.29, 0.717) is 17.0 Å². The van der Waals surface area contributed by atoms with Crippen molar-refractivity contribution in [2.45, 2.75) is 12.1 Å². The summed E-state index contributed by atoms with van der Waals surface area (Å²) in [5, 5.41) is 1.64. The Bertz CT molecular complexity index is 1440. The number of nitrogens with zero attached hydrogens (tertiary/aromatic N) is 2. The Morgan fingerprint density at radius 2 is 1.24 bits per heavy atom. The number of anilines is 2. The minimum Gasteiger partial charge on any atom is -0.423 e. The van der Waals surface area contributed by atoms with E-state index >= 15 is 0 Å². The number of imide groups is 1. The van der Waals surface area contributed by atoms with Gasteiger partial charge in [-0.1, -0.05) is 66.7 Å². The quantitative estimate of drug-likeness (QED) is 0.224. The van der Waals surface area contributed by atoms with Crippen LogP contribution < -0.4 is 14.7 Å². The first-order chi connectivity index (χ1) is 18.1. The molecule has 0 spiro atoms. The van der Waals surface area contributed by atoms with Crippen molar-refractivity contribution in [3.8, 4) is 5.75 Å². The molecule has 3 atom stereocenters. The van der Waals surface area contributed by atoms with Crippen molar-refractivity contribution in [3.05, 3.63) is 126 Å². The lowest BCUT2D eigenvalue weighted by atomic mass is 9.90. The summed E-state index contributed by atoms with van der Waals surface area (Å²) < 4.78 is 5.52. The molecule has 3 unspecified atom stereocenters. The van der Waals surface area contributed by atoms with E-state index in [2.05, 4.69) is 0 Å². The van der Waals surface area contributed by atoms with Gasteiger partial charge < -0.3 is 4.74 Å². The van der Waals surface area contributed by atoms with Gasteiger partial charge in [0.15, 0.2) is 6.10 Å². The molecule has 0 N–H and O–H groups in total. The molecule has 0 aliphatic carbocycles. The third-order valence-electron chi connectivity index (χ3n) is 6.58. The van der Waals surface area contributed by atoms with Crippen molar-refractivity contribution in [2.24, 2.45) is 5.92 Å². The largest absolute Gasteiger partial charge is 0.423 e. The molecule has 0 bridgehead atoms. The molecule has 4 aromatic carbocycles. The van der Waals surface area contributed by atoms with E-state index in [0.717, 1.165) is 11.3 Å². The molecule has 0 radical (unpaired) electrons. The van der Waals surface area contributed by atoms with Gasteiger partial charge in [0, 0.05) is 0 Å². The molecule has 37 heavy (non-hydrogen) atoms. The second kappa shape index (κ2) is 9.37. The van der Waals surface area contributed by atoms with E-state index in [9.17, 15) is 14.4 Å². The van der Waals surface area contributed by atoms with Gasteiger partial charge in [-0.2, -0.15) is 0 Å². The van der Waals surface area contributed by atoms with Crippen molar-refractivity contribution in [1.82, 2.24) is 0 Å². The van der Waals surface area contributed by atoms with Crippen LogP contribution in [0.25, 0.3) is 0 Å². The first-order valence-corrected chi connectivity index (χ1v) is 11.9. The van der Waals surface area contributed by atoms with Crippen LogP contribution in [0.3, 0.4) is 0 Å². The lowest BCUT2D eigenvalue weighted by Crippen LogP contribution is -2.37. The summed E-state index contributed by atoms with van der Waals surface area (Å²) in [6.45, 7) is 0. The number of ether oxygens (including phenoxy) is 1. The maximum absolute atomic E-state index is 13.7. The number of carbonyl (C=O) groups excluding carboxylic acids is 3. The maximum atomic E-state index is 13.7. The van der Waals surface area contributed by atoms with Crippen LogP contribution in [-0.2, 0) is 14.4 Å². The molecule has 182 valence electrons. The van der Waals surface area contributed by atoms with Gasteiger partial charge in [-0.05, 0) is 54.1 Å². The summed E-state index contributed by atoms with van der Waals surface area (Å²) in [5.74, 6) is -1.54. The van der Waals surface area contributed by atoms with Gasteiger partial charge in [0.05, 0.1) is 23.0 Å². The Morgan fingerprint density at radius 1 is 0.676 bits per heavy atom. The minimum absolute atomic E-state index is 0.316. The zero-order chi connectivity index (χ0) is 25.4. The summed E-state index contributed by atoms with van der Waals surface area (Å²) >= 11 is 0. The second-order valence-corrected chi connectivity index (χ2v) is 8.83. The highest BCUT2D eigenvalue weighted by Gasteiger charge is 2.60. The van der Waals surface area contributed by atoms with Crippen LogP contribution in [0.4, 0.5) is 11.4 Å². The van der Waals surface area contributed by atoms with Crippen LogP contribution >= 0.6 is 0 Å². The van der Waals surface area contributed by atoms with E-state index < -0.39 is 29.9 Å². The van der Waals surface area contributed by atoms with Gasteiger partial charge in [0.1, 0.15) is 11.7 Å². The van der Waals surface area contributed by atoms with Crippen molar-refractivity contribution in [1.29, 1.82) is 0 Å². The maximum Gasteiger partial charge on any atom is 0.343 e. The van der Waals surface area contributed by atoms with Gasteiger partial charge in [-0.3, -0.25) is 14.4 Å². The average molecular weight is 491 g/mol. The monoisotopic (exact) mass is 490 g/mol. The fraction of sp³-hybridized carbons (Fsp3) is 0.100. The molecule has 7 nitrogen and oxygen atoms in total. The summed E-state index contributed by atoms with van der Waals surface area (Å²) in [6, 6.07) is 33.4. The predicted octanol–water partition coefficient (Wildman–Crippen LogP) is 4.96. The van der Waals surface area contributed by atoms with Crippen molar-refractivity contribution >= 4 is 29.2 Å². The van der Waals surface area contributed by atoms with Crippen molar-refractivity contribution < 1.29 is 24.0 Å². The zero-order valence-corrected chi connectivity index (χ0v) is 19.6. The van der Waals surface area contributed by atoms with Crippen molar-refractivity contribution in [3.63, 3.8) is 0 Å². The number of hydrogen-bond donors (Lipinski definition) is 0. The SMILES string of the molecule is O=C(Oc1ccc(C2C3C(=O)N(c4ccccc4)C(=O)C3ON2c2ccccc2)cc1)c1ccccc1. The molecule has 2 amide bonds. The first kappa shape index (κ1) is 22.7.